The summed E-state index contributed by atoms with van der Waals surface area (Å²) in [6.45, 7) is 0.971. The Labute approximate surface area is 148 Å². The molecule has 0 radical (unpaired) electrons. The van der Waals surface area contributed by atoms with E-state index in [1.54, 1.807) is 23.5 Å². The van der Waals surface area contributed by atoms with Crippen LogP contribution in [-0.4, -0.2) is 29.1 Å². The van der Waals surface area contributed by atoms with E-state index >= 15 is 0 Å². The number of carbonyl (C=O) groups excluding carboxylic acids is 1. The number of nitrogens with zero attached hydrogens (tertiary/aromatic N) is 2. The van der Waals surface area contributed by atoms with Crippen LogP contribution in [0.15, 0.2) is 42.5 Å². The van der Waals surface area contributed by atoms with Gasteiger partial charge in [-0.15, -0.1) is 11.3 Å². The van der Waals surface area contributed by atoms with Crippen LogP contribution >= 0.6 is 11.3 Å². The SMILES string of the molecule is O=C(c1ccc2c(c1)OCO2)N1CCC[C@H]1c1nc2ccccc2s1. The molecule has 2 aromatic carbocycles. The van der Waals surface area contributed by atoms with E-state index in [1.165, 1.54) is 4.70 Å². The van der Waals surface area contributed by atoms with E-state index < -0.39 is 0 Å². The second-order valence-corrected chi connectivity index (χ2v) is 7.31. The Morgan fingerprint density at radius 1 is 1.16 bits per heavy atom. The molecule has 0 N–H and O–H groups in total. The van der Waals surface area contributed by atoms with Gasteiger partial charge in [0.25, 0.3) is 5.91 Å². The number of carbonyl (C=O) groups is 1. The second kappa shape index (κ2) is 5.74. The molecule has 1 atom stereocenters. The van der Waals surface area contributed by atoms with Crippen LogP contribution in [0.3, 0.4) is 0 Å². The van der Waals surface area contributed by atoms with Crippen LogP contribution in [0, 0.1) is 0 Å². The summed E-state index contributed by atoms with van der Waals surface area (Å²) in [7, 11) is 0. The van der Waals surface area contributed by atoms with Crippen molar-refractivity contribution in [2.75, 3.05) is 13.3 Å². The summed E-state index contributed by atoms with van der Waals surface area (Å²) < 4.78 is 11.9. The smallest absolute Gasteiger partial charge is 0.254 e. The number of hydrogen-bond acceptors (Lipinski definition) is 5. The molecule has 0 saturated carbocycles. The lowest BCUT2D eigenvalue weighted by Gasteiger charge is -2.23. The third kappa shape index (κ3) is 2.44. The zero-order chi connectivity index (χ0) is 16.8. The van der Waals surface area contributed by atoms with Gasteiger partial charge in [0.1, 0.15) is 5.01 Å². The van der Waals surface area contributed by atoms with E-state index in [-0.39, 0.29) is 18.7 Å². The van der Waals surface area contributed by atoms with Crippen LogP contribution in [0.1, 0.15) is 34.2 Å². The van der Waals surface area contributed by atoms with E-state index in [4.69, 9.17) is 14.5 Å². The highest BCUT2D eigenvalue weighted by Gasteiger charge is 2.33. The number of amides is 1. The first-order valence-corrected chi connectivity index (χ1v) is 9.17. The average molecular weight is 352 g/mol. The van der Waals surface area contributed by atoms with Gasteiger partial charge in [-0.1, -0.05) is 12.1 Å². The molecule has 2 aliphatic heterocycles. The van der Waals surface area contributed by atoms with Gasteiger partial charge in [0.05, 0.1) is 16.3 Å². The van der Waals surface area contributed by atoms with Crippen molar-refractivity contribution in [3.63, 3.8) is 0 Å². The first-order chi connectivity index (χ1) is 12.3. The molecule has 6 heteroatoms. The Balaban J connectivity index is 1.47. The molecule has 3 aromatic rings. The van der Waals surface area contributed by atoms with Gasteiger partial charge in [0.2, 0.25) is 6.79 Å². The Morgan fingerprint density at radius 3 is 2.96 bits per heavy atom. The summed E-state index contributed by atoms with van der Waals surface area (Å²) in [5.74, 6) is 1.36. The minimum atomic E-state index is 0.0278. The molecule has 25 heavy (non-hydrogen) atoms. The lowest BCUT2D eigenvalue weighted by molar-refractivity contribution is 0.0735. The Bertz CT molecular complexity index is 935. The van der Waals surface area contributed by atoms with Crippen molar-refractivity contribution in [1.82, 2.24) is 9.88 Å². The Morgan fingerprint density at radius 2 is 2.04 bits per heavy atom. The number of fused-ring (bicyclic) bond motifs is 2. The number of rotatable bonds is 2. The van der Waals surface area contributed by atoms with Gasteiger partial charge in [-0.25, -0.2) is 4.98 Å². The number of para-hydroxylation sites is 1. The first-order valence-electron chi connectivity index (χ1n) is 8.36. The molecule has 1 amide bonds. The first kappa shape index (κ1) is 14.7. The second-order valence-electron chi connectivity index (χ2n) is 6.24. The highest BCUT2D eigenvalue weighted by molar-refractivity contribution is 7.18. The van der Waals surface area contributed by atoms with Crippen LogP contribution in [0.2, 0.25) is 0 Å². The van der Waals surface area contributed by atoms with Crippen molar-refractivity contribution < 1.29 is 14.3 Å². The van der Waals surface area contributed by atoms with E-state index in [0.29, 0.717) is 17.1 Å². The van der Waals surface area contributed by atoms with Gasteiger partial charge >= 0.3 is 0 Å². The molecule has 3 heterocycles. The normalized spacial score (nSPS) is 18.9. The van der Waals surface area contributed by atoms with Crippen molar-refractivity contribution in [3.8, 4) is 11.5 Å². The van der Waals surface area contributed by atoms with E-state index in [2.05, 4.69) is 6.07 Å². The maximum Gasteiger partial charge on any atom is 0.254 e. The quantitative estimate of drug-likeness (QED) is 0.699. The molecule has 1 saturated heterocycles. The fourth-order valence-electron chi connectivity index (χ4n) is 3.49. The monoisotopic (exact) mass is 352 g/mol. The standard InChI is InChI=1S/C19H16N2O3S/c22-19(12-7-8-15-16(10-12)24-11-23-15)21-9-3-5-14(21)18-20-13-4-1-2-6-17(13)25-18/h1-2,4,6-8,10,14H,3,5,9,11H2/t14-/m0/s1. The van der Waals surface area contributed by atoms with Crippen molar-refractivity contribution in [2.45, 2.75) is 18.9 Å². The number of thiazole rings is 1. The molecule has 0 bridgehead atoms. The summed E-state index contributed by atoms with van der Waals surface area (Å²) in [4.78, 5) is 19.8. The van der Waals surface area contributed by atoms with Crippen LogP contribution < -0.4 is 9.47 Å². The third-order valence-corrected chi connectivity index (χ3v) is 5.87. The van der Waals surface area contributed by atoms with Crippen LogP contribution in [0.5, 0.6) is 11.5 Å². The summed E-state index contributed by atoms with van der Waals surface area (Å²) >= 11 is 1.68. The Kier molecular flexibility index (Phi) is 3.38. The van der Waals surface area contributed by atoms with Crippen LogP contribution in [0.25, 0.3) is 10.2 Å². The number of ether oxygens (including phenoxy) is 2. The molecule has 2 aliphatic rings. The summed E-state index contributed by atoms with van der Waals surface area (Å²) in [6, 6.07) is 13.6. The molecule has 1 aromatic heterocycles. The Hall–Kier alpha value is -2.60. The molecule has 1 fully saturated rings. The van der Waals surface area contributed by atoms with E-state index in [0.717, 1.165) is 29.9 Å². The number of benzene rings is 2. The minimum absolute atomic E-state index is 0.0278. The summed E-state index contributed by atoms with van der Waals surface area (Å²) in [6.07, 6.45) is 1.95. The van der Waals surface area contributed by atoms with Crippen molar-refractivity contribution in [3.05, 3.63) is 53.0 Å². The fraction of sp³-hybridized carbons (Fsp3) is 0.263. The van der Waals surface area contributed by atoms with Crippen molar-refractivity contribution in [1.29, 1.82) is 0 Å². The van der Waals surface area contributed by atoms with Gasteiger partial charge in [-0.3, -0.25) is 4.79 Å². The molecule has 0 unspecified atom stereocenters. The van der Waals surface area contributed by atoms with Crippen LogP contribution in [0.4, 0.5) is 0 Å². The molecule has 5 nitrogen and oxygen atoms in total. The predicted molar refractivity (Wildman–Crippen MR) is 95.2 cm³/mol. The highest BCUT2D eigenvalue weighted by atomic mass is 32.1. The molecule has 5 rings (SSSR count). The summed E-state index contributed by atoms with van der Waals surface area (Å²) in [5, 5.41) is 1.02. The number of hydrogen-bond donors (Lipinski definition) is 0. The summed E-state index contributed by atoms with van der Waals surface area (Å²) in [5.41, 5.74) is 1.64. The fourth-order valence-corrected chi connectivity index (χ4v) is 4.61. The van der Waals surface area contributed by atoms with Gasteiger partial charge in [-0.2, -0.15) is 0 Å². The van der Waals surface area contributed by atoms with Gasteiger partial charge in [0, 0.05) is 12.1 Å². The lowest BCUT2D eigenvalue weighted by atomic mass is 10.1. The van der Waals surface area contributed by atoms with E-state index in [1.807, 2.05) is 29.2 Å². The predicted octanol–water partition coefficient (Wildman–Crippen LogP) is 4.00. The zero-order valence-electron chi connectivity index (χ0n) is 13.5. The maximum atomic E-state index is 13.1. The maximum absolute atomic E-state index is 13.1. The van der Waals surface area contributed by atoms with Crippen LogP contribution in [-0.2, 0) is 0 Å². The van der Waals surface area contributed by atoms with Gasteiger partial charge < -0.3 is 14.4 Å². The largest absolute Gasteiger partial charge is 0.454 e. The topological polar surface area (TPSA) is 51.7 Å². The third-order valence-electron chi connectivity index (χ3n) is 4.73. The number of likely N-dealkylation sites (tertiary alicyclic amines) is 1. The highest BCUT2D eigenvalue weighted by Crippen LogP contribution is 2.38. The number of aromatic nitrogens is 1. The van der Waals surface area contributed by atoms with Gasteiger partial charge in [0.15, 0.2) is 11.5 Å². The minimum Gasteiger partial charge on any atom is -0.454 e. The zero-order valence-corrected chi connectivity index (χ0v) is 14.3. The average Bonchev–Trinajstić information content (AvgIpc) is 3.37. The van der Waals surface area contributed by atoms with Crippen molar-refractivity contribution >= 4 is 27.5 Å². The van der Waals surface area contributed by atoms with E-state index in [9.17, 15) is 4.79 Å². The molecular formula is C19H16N2O3S. The lowest BCUT2D eigenvalue weighted by Crippen LogP contribution is -2.30. The molecule has 126 valence electrons. The van der Waals surface area contributed by atoms with Gasteiger partial charge in [-0.05, 0) is 43.2 Å². The van der Waals surface area contributed by atoms with Crippen molar-refractivity contribution in [2.24, 2.45) is 0 Å². The molecule has 0 spiro atoms. The molecular weight excluding hydrogens is 336 g/mol. The molecule has 0 aliphatic carbocycles.